The van der Waals surface area contributed by atoms with Gasteiger partial charge in [0, 0.05) is 26.8 Å². The number of nitrogens with zero attached hydrogens (tertiary/aromatic N) is 2. The van der Waals surface area contributed by atoms with E-state index in [0.717, 1.165) is 11.4 Å². The second kappa shape index (κ2) is 3.12. The van der Waals surface area contributed by atoms with Gasteiger partial charge in [0.2, 0.25) is 0 Å². The number of aryl methyl sites for hydroxylation is 1. The summed E-state index contributed by atoms with van der Waals surface area (Å²) < 4.78 is 1.54. The number of hydrogen-bond acceptors (Lipinski definition) is 3. The largest absolute Gasteiger partial charge is 0.393 e. The van der Waals surface area contributed by atoms with Crippen LogP contribution in [0.25, 0.3) is 0 Å². The van der Waals surface area contributed by atoms with Gasteiger partial charge in [-0.05, 0) is 13.0 Å². The molecule has 0 atom stereocenters. The number of hydrogen-bond donors (Lipinski definition) is 1. The number of rotatable bonds is 1. The van der Waals surface area contributed by atoms with E-state index < -0.39 is 0 Å². The number of nitrogens with two attached hydrogens (primary N) is 1. The van der Waals surface area contributed by atoms with Gasteiger partial charge in [-0.25, -0.2) is 0 Å². The van der Waals surface area contributed by atoms with E-state index in [1.807, 2.05) is 32.0 Å². The molecular weight excluding hydrogens is 166 g/mol. The van der Waals surface area contributed by atoms with E-state index in [2.05, 4.69) is 0 Å². The van der Waals surface area contributed by atoms with Crippen molar-refractivity contribution in [1.29, 1.82) is 0 Å². The fourth-order valence-electron chi connectivity index (χ4n) is 1.19. The van der Waals surface area contributed by atoms with Crippen LogP contribution in [0.3, 0.4) is 0 Å². The lowest BCUT2D eigenvalue weighted by molar-refractivity contribution is 0.819. The van der Waals surface area contributed by atoms with Gasteiger partial charge in [-0.2, -0.15) is 0 Å². The summed E-state index contributed by atoms with van der Waals surface area (Å²) in [5.74, 6) is 0. The number of pyridine rings is 1. The van der Waals surface area contributed by atoms with Crippen molar-refractivity contribution in [3.05, 3.63) is 22.1 Å². The van der Waals surface area contributed by atoms with Gasteiger partial charge in [-0.3, -0.25) is 4.79 Å². The maximum Gasteiger partial charge on any atom is 0.275 e. The summed E-state index contributed by atoms with van der Waals surface area (Å²) in [5, 5.41) is 0. The monoisotopic (exact) mass is 181 g/mol. The Balaban J connectivity index is 3.51. The van der Waals surface area contributed by atoms with Crippen LogP contribution in [-0.2, 0) is 7.05 Å². The highest BCUT2D eigenvalue weighted by molar-refractivity contribution is 5.66. The highest BCUT2D eigenvalue weighted by Crippen LogP contribution is 2.17. The molecule has 0 radical (unpaired) electrons. The topological polar surface area (TPSA) is 51.3 Å². The minimum atomic E-state index is -0.135. The average Bonchev–Trinajstić information content (AvgIpc) is 2.07. The maximum atomic E-state index is 11.5. The van der Waals surface area contributed by atoms with E-state index >= 15 is 0 Å². The SMILES string of the molecule is Cc1cc(N(C)C)c(N)c(=O)n1C. The molecule has 0 aromatic carbocycles. The average molecular weight is 181 g/mol. The van der Waals surface area contributed by atoms with E-state index in [9.17, 15) is 4.79 Å². The molecule has 1 rings (SSSR count). The van der Waals surface area contributed by atoms with Crippen LogP contribution in [0, 0.1) is 6.92 Å². The van der Waals surface area contributed by atoms with E-state index in [0.29, 0.717) is 5.69 Å². The van der Waals surface area contributed by atoms with Crippen molar-refractivity contribution in [2.24, 2.45) is 7.05 Å². The minimum absolute atomic E-state index is 0.135. The Morgan fingerprint density at radius 3 is 2.46 bits per heavy atom. The van der Waals surface area contributed by atoms with Crippen molar-refractivity contribution < 1.29 is 0 Å². The van der Waals surface area contributed by atoms with Crippen LogP contribution in [0.4, 0.5) is 11.4 Å². The van der Waals surface area contributed by atoms with Gasteiger partial charge >= 0.3 is 0 Å². The summed E-state index contributed by atoms with van der Waals surface area (Å²) in [6, 6.07) is 1.90. The van der Waals surface area contributed by atoms with Crippen LogP contribution in [0.1, 0.15) is 5.69 Å². The van der Waals surface area contributed by atoms with Gasteiger partial charge in [-0.1, -0.05) is 0 Å². The molecule has 0 aliphatic carbocycles. The fraction of sp³-hybridized carbons (Fsp3) is 0.444. The molecule has 0 bridgehead atoms. The van der Waals surface area contributed by atoms with Crippen molar-refractivity contribution in [3.63, 3.8) is 0 Å². The molecule has 0 spiro atoms. The third-order valence-corrected chi connectivity index (χ3v) is 2.17. The van der Waals surface area contributed by atoms with Crippen molar-refractivity contribution in [1.82, 2.24) is 4.57 Å². The van der Waals surface area contributed by atoms with Crippen molar-refractivity contribution in [2.75, 3.05) is 24.7 Å². The van der Waals surface area contributed by atoms with Gasteiger partial charge in [0.15, 0.2) is 0 Å². The van der Waals surface area contributed by atoms with Gasteiger partial charge in [-0.15, -0.1) is 0 Å². The minimum Gasteiger partial charge on any atom is -0.393 e. The molecule has 13 heavy (non-hydrogen) atoms. The molecule has 4 nitrogen and oxygen atoms in total. The molecule has 1 aromatic rings. The van der Waals surface area contributed by atoms with Crippen molar-refractivity contribution in [3.8, 4) is 0 Å². The maximum absolute atomic E-state index is 11.5. The van der Waals surface area contributed by atoms with Crippen LogP contribution in [-0.4, -0.2) is 18.7 Å². The summed E-state index contributed by atoms with van der Waals surface area (Å²) in [6.45, 7) is 1.88. The molecule has 0 amide bonds. The molecule has 2 N–H and O–H groups in total. The van der Waals surface area contributed by atoms with Crippen LogP contribution >= 0.6 is 0 Å². The summed E-state index contributed by atoms with van der Waals surface area (Å²) in [6.07, 6.45) is 0. The first-order chi connectivity index (χ1) is 5.95. The smallest absolute Gasteiger partial charge is 0.275 e. The zero-order valence-corrected chi connectivity index (χ0v) is 8.46. The normalized spacial score (nSPS) is 10.2. The molecule has 72 valence electrons. The lowest BCUT2D eigenvalue weighted by Crippen LogP contribution is -2.25. The van der Waals surface area contributed by atoms with E-state index in [1.165, 1.54) is 0 Å². The summed E-state index contributed by atoms with van der Waals surface area (Å²) in [5.41, 5.74) is 7.53. The van der Waals surface area contributed by atoms with Gasteiger partial charge in [0.1, 0.15) is 5.69 Å². The fourth-order valence-corrected chi connectivity index (χ4v) is 1.19. The summed E-state index contributed by atoms with van der Waals surface area (Å²) in [4.78, 5) is 13.4. The Hall–Kier alpha value is -1.45. The van der Waals surface area contributed by atoms with Crippen molar-refractivity contribution in [2.45, 2.75) is 6.92 Å². The Morgan fingerprint density at radius 2 is 2.00 bits per heavy atom. The quantitative estimate of drug-likeness (QED) is 0.679. The van der Waals surface area contributed by atoms with E-state index in [-0.39, 0.29) is 5.56 Å². The first-order valence-electron chi connectivity index (χ1n) is 4.08. The Morgan fingerprint density at radius 1 is 1.46 bits per heavy atom. The molecule has 0 saturated heterocycles. The van der Waals surface area contributed by atoms with E-state index in [1.54, 1.807) is 11.6 Å². The predicted molar refractivity (Wildman–Crippen MR) is 55.2 cm³/mol. The lowest BCUT2D eigenvalue weighted by Gasteiger charge is -2.16. The standard InChI is InChI=1S/C9H15N3O/c1-6-5-7(11(2)3)8(10)9(13)12(6)4/h5H,10H2,1-4H3. The Labute approximate surface area is 77.6 Å². The molecule has 4 heteroatoms. The van der Waals surface area contributed by atoms with Gasteiger partial charge < -0.3 is 15.2 Å². The molecule has 0 saturated carbocycles. The zero-order chi connectivity index (χ0) is 10.2. The summed E-state index contributed by atoms with van der Waals surface area (Å²) >= 11 is 0. The zero-order valence-electron chi connectivity index (χ0n) is 8.46. The highest BCUT2D eigenvalue weighted by atomic mass is 16.1. The molecule has 0 aliphatic rings. The number of aromatic nitrogens is 1. The number of nitrogen functional groups attached to an aromatic ring is 1. The molecule has 1 aromatic heterocycles. The highest BCUT2D eigenvalue weighted by Gasteiger charge is 2.08. The summed E-state index contributed by atoms with van der Waals surface area (Å²) in [7, 11) is 5.45. The molecule has 0 unspecified atom stereocenters. The van der Waals surface area contributed by atoms with Crippen LogP contribution in [0.2, 0.25) is 0 Å². The number of anilines is 2. The molecule has 1 heterocycles. The van der Waals surface area contributed by atoms with Crippen LogP contribution in [0.15, 0.2) is 10.9 Å². The van der Waals surface area contributed by atoms with Crippen molar-refractivity contribution >= 4 is 11.4 Å². The second-order valence-corrected chi connectivity index (χ2v) is 3.34. The third-order valence-electron chi connectivity index (χ3n) is 2.17. The van der Waals surface area contributed by atoms with E-state index in [4.69, 9.17) is 5.73 Å². The Kier molecular flexibility index (Phi) is 2.32. The van der Waals surface area contributed by atoms with Gasteiger partial charge in [0.05, 0.1) is 5.69 Å². The first-order valence-corrected chi connectivity index (χ1v) is 4.08. The second-order valence-electron chi connectivity index (χ2n) is 3.34. The molecule has 0 aliphatic heterocycles. The Bertz CT molecular complexity index is 379. The van der Waals surface area contributed by atoms with Crippen LogP contribution < -0.4 is 16.2 Å². The van der Waals surface area contributed by atoms with Crippen LogP contribution in [0.5, 0.6) is 0 Å². The predicted octanol–water partition coefficient (Wildman–Crippen LogP) is 0.342. The molecular formula is C9H15N3O. The van der Waals surface area contributed by atoms with Gasteiger partial charge in [0.25, 0.3) is 5.56 Å². The third kappa shape index (κ3) is 1.52. The first kappa shape index (κ1) is 9.64. The molecule has 0 fully saturated rings. The lowest BCUT2D eigenvalue weighted by atomic mass is 10.2.